The minimum absolute atomic E-state index is 0.0500. The highest BCUT2D eigenvalue weighted by Crippen LogP contribution is 2.30. The maximum Gasteiger partial charge on any atom is 0.514 e. The van der Waals surface area contributed by atoms with Crippen molar-refractivity contribution in [2.75, 3.05) is 0 Å². The molecule has 0 aromatic heterocycles. The van der Waals surface area contributed by atoms with Crippen LogP contribution in [0, 0.1) is 0 Å². The topological polar surface area (TPSA) is 140 Å². The number of para-hydroxylation sites is 1. The van der Waals surface area contributed by atoms with Crippen molar-refractivity contribution in [3.8, 4) is 17.2 Å². The third-order valence-electron chi connectivity index (χ3n) is 4.98. The van der Waals surface area contributed by atoms with Gasteiger partial charge in [-0.2, -0.15) is 0 Å². The highest BCUT2D eigenvalue weighted by molar-refractivity contribution is 5.77. The molecule has 0 radical (unpaired) electrons. The molecule has 2 rings (SSSR count). The molecule has 10 nitrogen and oxygen atoms in total. The summed E-state index contributed by atoms with van der Waals surface area (Å²) in [4.78, 5) is 47.9. The average molecular weight is 502 g/mol. The van der Waals surface area contributed by atoms with Crippen molar-refractivity contribution in [2.24, 2.45) is 5.73 Å². The Kier molecular flexibility index (Phi) is 10.9. The second-order valence-corrected chi connectivity index (χ2v) is 7.88. The second-order valence-electron chi connectivity index (χ2n) is 7.88. The van der Waals surface area contributed by atoms with Gasteiger partial charge in [0.05, 0.1) is 0 Å². The number of nitrogens with two attached hydrogens (primary N) is 1. The number of benzene rings is 2. The van der Waals surface area contributed by atoms with E-state index in [-0.39, 0.29) is 30.8 Å². The Bertz CT molecular complexity index is 1050. The molecule has 2 aromatic rings. The zero-order valence-corrected chi connectivity index (χ0v) is 20.7. The van der Waals surface area contributed by atoms with Crippen molar-refractivity contribution in [1.29, 1.82) is 0 Å². The van der Waals surface area contributed by atoms with E-state index in [1.165, 1.54) is 12.1 Å². The number of carbonyl (C=O) groups excluding carboxylic acids is 4. The summed E-state index contributed by atoms with van der Waals surface area (Å²) in [6, 6.07) is 11.9. The fraction of sp³-hybridized carbons (Fsp3) is 0.385. The molecular formula is C26H31NO9. The molecule has 10 heteroatoms. The van der Waals surface area contributed by atoms with Crippen molar-refractivity contribution < 1.29 is 42.9 Å². The van der Waals surface area contributed by atoms with E-state index in [1.807, 2.05) is 0 Å². The minimum atomic E-state index is -1.06. The molecular weight excluding hydrogens is 470 g/mol. The highest BCUT2D eigenvalue weighted by Gasteiger charge is 2.25. The smallest absolute Gasteiger partial charge is 0.458 e. The van der Waals surface area contributed by atoms with Crippen LogP contribution in [0.5, 0.6) is 17.2 Å². The van der Waals surface area contributed by atoms with Crippen LogP contribution in [0.4, 0.5) is 4.79 Å². The van der Waals surface area contributed by atoms with Crippen LogP contribution in [0.3, 0.4) is 0 Å². The molecule has 36 heavy (non-hydrogen) atoms. The molecule has 3 atom stereocenters. The molecule has 0 heterocycles. The molecule has 0 unspecified atom stereocenters. The Morgan fingerprint density at radius 3 is 1.97 bits per heavy atom. The minimum Gasteiger partial charge on any atom is -0.458 e. The number of ether oxygens (including phenoxy) is 5. The molecule has 0 saturated heterocycles. The van der Waals surface area contributed by atoms with E-state index in [0.717, 1.165) is 0 Å². The van der Waals surface area contributed by atoms with Crippen LogP contribution in [0.25, 0.3) is 0 Å². The van der Waals surface area contributed by atoms with E-state index in [0.29, 0.717) is 11.3 Å². The van der Waals surface area contributed by atoms with Gasteiger partial charge in [0.25, 0.3) is 0 Å². The van der Waals surface area contributed by atoms with Gasteiger partial charge in [0.1, 0.15) is 24.0 Å². The lowest BCUT2D eigenvalue weighted by Crippen LogP contribution is -2.39. The van der Waals surface area contributed by atoms with Crippen molar-refractivity contribution >= 4 is 24.1 Å². The van der Waals surface area contributed by atoms with Gasteiger partial charge in [-0.3, -0.25) is 14.4 Å². The third-order valence-corrected chi connectivity index (χ3v) is 4.98. The molecule has 0 aliphatic rings. The highest BCUT2D eigenvalue weighted by atomic mass is 16.7. The van der Waals surface area contributed by atoms with Crippen molar-refractivity contribution in [3.05, 3.63) is 54.1 Å². The number of rotatable bonds is 11. The lowest BCUT2D eigenvalue weighted by Gasteiger charge is -2.22. The second kappa shape index (κ2) is 13.8. The number of carbonyl (C=O) groups is 4. The van der Waals surface area contributed by atoms with E-state index >= 15 is 0 Å². The van der Waals surface area contributed by atoms with Crippen LogP contribution < -0.4 is 19.9 Å². The summed E-state index contributed by atoms with van der Waals surface area (Å²) in [5, 5.41) is 0. The van der Waals surface area contributed by atoms with Crippen LogP contribution in [0.1, 0.15) is 46.1 Å². The molecule has 0 spiro atoms. The van der Waals surface area contributed by atoms with Gasteiger partial charge >= 0.3 is 24.1 Å². The van der Waals surface area contributed by atoms with Crippen molar-refractivity contribution in [3.63, 3.8) is 0 Å². The molecule has 0 aliphatic heterocycles. The van der Waals surface area contributed by atoms with Crippen LogP contribution >= 0.6 is 0 Å². The maximum atomic E-state index is 12.5. The van der Waals surface area contributed by atoms with Gasteiger partial charge in [-0.15, -0.1) is 0 Å². The molecule has 0 aliphatic carbocycles. The van der Waals surface area contributed by atoms with Crippen LogP contribution in [-0.4, -0.2) is 42.3 Å². The summed E-state index contributed by atoms with van der Waals surface area (Å²) in [7, 11) is 0. The number of esters is 3. The summed E-state index contributed by atoms with van der Waals surface area (Å²) in [6.07, 6.45) is -2.22. The molecule has 194 valence electrons. The fourth-order valence-electron chi connectivity index (χ4n) is 2.79. The first kappa shape index (κ1) is 28.3. The van der Waals surface area contributed by atoms with E-state index in [4.69, 9.17) is 29.4 Å². The summed E-state index contributed by atoms with van der Waals surface area (Å²) >= 11 is 0. The van der Waals surface area contributed by atoms with E-state index in [9.17, 15) is 19.2 Å². The quantitative estimate of drug-likeness (QED) is 0.275. The average Bonchev–Trinajstić information content (AvgIpc) is 2.85. The Balaban J connectivity index is 1.96. The first-order valence-electron chi connectivity index (χ1n) is 11.6. The Hall–Kier alpha value is -3.92. The largest absolute Gasteiger partial charge is 0.514 e. The molecule has 0 amide bonds. The fourth-order valence-corrected chi connectivity index (χ4v) is 2.79. The Labute approximate surface area is 209 Å². The van der Waals surface area contributed by atoms with Gasteiger partial charge in [0.15, 0.2) is 11.5 Å². The predicted octanol–water partition coefficient (Wildman–Crippen LogP) is 3.72. The Morgan fingerprint density at radius 1 is 0.778 bits per heavy atom. The van der Waals surface area contributed by atoms with E-state index in [2.05, 4.69) is 0 Å². The summed E-state index contributed by atoms with van der Waals surface area (Å²) in [6.45, 7) is 6.38. The molecule has 0 saturated carbocycles. The van der Waals surface area contributed by atoms with Crippen molar-refractivity contribution in [1.82, 2.24) is 0 Å². The van der Waals surface area contributed by atoms with Crippen LogP contribution in [0.15, 0.2) is 48.5 Å². The van der Waals surface area contributed by atoms with E-state index in [1.54, 1.807) is 64.1 Å². The normalized spacial score (nSPS) is 13.0. The summed E-state index contributed by atoms with van der Waals surface area (Å²) in [5.74, 6) is -1.27. The first-order valence-corrected chi connectivity index (χ1v) is 11.6. The van der Waals surface area contributed by atoms with E-state index < -0.39 is 42.3 Å². The molecule has 0 bridgehead atoms. The zero-order valence-electron chi connectivity index (χ0n) is 20.7. The molecule has 2 N–H and O–H groups in total. The van der Waals surface area contributed by atoms with Gasteiger partial charge in [0, 0.05) is 12.8 Å². The number of hydrogen-bond acceptors (Lipinski definition) is 10. The maximum absolute atomic E-state index is 12.5. The van der Waals surface area contributed by atoms with Crippen LogP contribution in [-0.2, 0) is 30.3 Å². The lowest BCUT2D eigenvalue weighted by molar-refractivity contribution is -0.155. The summed E-state index contributed by atoms with van der Waals surface area (Å²) in [5.41, 5.74) is 6.57. The van der Waals surface area contributed by atoms with Gasteiger partial charge in [-0.05, 0) is 50.1 Å². The van der Waals surface area contributed by atoms with Crippen molar-refractivity contribution in [2.45, 2.75) is 65.2 Å². The summed E-state index contributed by atoms with van der Waals surface area (Å²) < 4.78 is 26.0. The predicted molar refractivity (Wildman–Crippen MR) is 129 cm³/mol. The van der Waals surface area contributed by atoms with Gasteiger partial charge < -0.3 is 29.4 Å². The van der Waals surface area contributed by atoms with Gasteiger partial charge in [-0.25, -0.2) is 4.79 Å². The lowest BCUT2D eigenvalue weighted by atomic mass is 10.1. The van der Waals surface area contributed by atoms with Gasteiger partial charge in [-0.1, -0.05) is 38.1 Å². The number of hydrogen-bond donors (Lipinski definition) is 1. The zero-order chi connectivity index (χ0) is 26.7. The standard InChI is InChI=1S/C26H31NO9/c1-5-23(28)35-21-13-12-18(15-22(21)36-24(29)6-2)14-20(27)25(30)32-16(3)17(4)33-26(31)34-19-10-8-7-9-11-19/h7-13,15-17,20H,5-6,14,27H2,1-4H3/t16-,17-,20-/m0/s1. The third kappa shape index (κ3) is 9.03. The van der Waals surface area contributed by atoms with Gasteiger partial charge in [0.2, 0.25) is 0 Å². The van der Waals surface area contributed by atoms with Crippen LogP contribution in [0.2, 0.25) is 0 Å². The first-order chi connectivity index (χ1) is 17.1. The molecule has 0 fully saturated rings. The SMILES string of the molecule is CCC(=O)Oc1ccc(C[C@H](N)C(=O)O[C@@H](C)[C@H](C)OC(=O)Oc2ccccc2)cc1OC(=O)CC. The molecule has 2 aromatic carbocycles. The monoisotopic (exact) mass is 501 g/mol. The Morgan fingerprint density at radius 2 is 1.36 bits per heavy atom.